The average molecular weight is 312 g/mol. The third-order valence-corrected chi connectivity index (χ3v) is 4.70. The van der Waals surface area contributed by atoms with Gasteiger partial charge in [-0.1, -0.05) is 24.3 Å². The van der Waals surface area contributed by atoms with Crippen molar-refractivity contribution in [2.24, 2.45) is 5.73 Å². The molecule has 1 amide bonds. The lowest BCUT2D eigenvalue weighted by Crippen LogP contribution is -2.17. The number of fused-ring (bicyclic) bond motifs is 1. The molecule has 0 bridgehead atoms. The lowest BCUT2D eigenvalue weighted by molar-refractivity contribution is -0.117. The van der Waals surface area contributed by atoms with Crippen molar-refractivity contribution in [2.45, 2.75) is 37.6 Å². The van der Waals surface area contributed by atoms with E-state index in [4.69, 9.17) is 10.5 Å². The second-order valence-electron chi connectivity index (χ2n) is 6.37. The SMILES string of the molecule is NC(=O)Cc1nc(C2CCOC2)n(C2Cc3ccccc3C2)n1. The van der Waals surface area contributed by atoms with Crippen LogP contribution in [0.2, 0.25) is 0 Å². The van der Waals surface area contributed by atoms with Gasteiger partial charge in [0.1, 0.15) is 5.82 Å². The number of hydrogen-bond acceptors (Lipinski definition) is 4. The van der Waals surface area contributed by atoms with Crippen LogP contribution in [0.3, 0.4) is 0 Å². The van der Waals surface area contributed by atoms with Crippen LogP contribution in [-0.2, 0) is 28.8 Å². The van der Waals surface area contributed by atoms with Crippen molar-refractivity contribution < 1.29 is 9.53 Å². The van der Waals surface area contributed by atoms with E-state index in [1.807, 2.05) is 4.68 Å². The van der Waals surface area contributed by atoms with Crippen molar-refractivity contribution in [3.63, 3.8) is 0 Å². The number of hydrogen-bond donors (Lipinski definition) is 1. The lowest BCUT2D eigenvalue weighted by atomic mass is 10.1. The van der Waals surface area contributed by atoms with E-state index in [0.717, 1.165) is 31.7 Å². The van der Waals surface area contributed by atoms with Gasteiger partial charge < -0.3 is 10.5 Å². The molecular weight excluding hydrogens is 292 g/mol. The third-order valence-electron chi connectivity index (χ3n) is 4.70. The minimum atomic E-state index is -0.397. The summed E-state index contributed by atoms with van der Waals surface area (Å²) in [5.74, 6) is 1.32. The predicted molar refractivity (Wildman–Crippen MR) is 84.0 cm³/mol. The lowest BCUT2D eigenvalue weighted by Gasteiger charge is -2.15. The van der Waals surface area contributed by atoms with Crippen molar-refractivity contribution in [3.05, 3.63) is 47.0 Å². The summed E-state index contributed by atoms with van der Waals surface area (Å²) in [5.41, 5.74) is 8.05. The maximum atomic E-state index is 11.2. The highest BCUT2D eigenvalue weighted by molar-refractivity contribution is 5.75. The van der Waals surface area contributed by atoms with Gasteiger partial charge in [0.25, 0.3) is 0 Å². The highest BCUT2D eigenvalue weighted by Gasteiger charge is 2.31. The first-order valence-corrected chi connectivity index (χ1v) is 8.09. The monoisotopic (exact) mass is 312 g/mol. The normalized spacial score (nSPS) is 20.8. The molecule has 0 radical (unpaired) electrons. The second kappa shape index (κ2) is 5.77. The first kappa shape index (κ1) is 14.4. The Labute approximate surface area is 134 Å². The molecule has 4 rings (SSSR count). The summed E-state index contributed by atoms with van der Waals surface area (Å²) in [7, 11) is 0. The van der Waals surface area contributed by atoms with Crippen LogP contribution < -0.4 is 5.73 Å². The molecule has 1 aliphatic heterocycles. The van der Waals surface area contributed by atoms with E-state index in [1.54, 1.807) is 0 Å². The van der Waals surface area contributed by atoms with Gasteiger partial charge in [-0.15, -0.1) is 0 Å². The van der Waals surface area contributed by atoms with Crippen molar-refractivity contribution in [1.82, 2.24) is 14.8 Å². The fourth-order valence-electron chi connectivity index (χ4n) is 3.61. The van der Waals surface area contributed by atoms with Gasteiger partial charge in [0, 0.05) is 12.5 Å². The van der Waals surface area contributed by atoms with E-state index >= 15 is 0 Å². The number of benzene rings is 1. The van der Waals surface area contributed by atoms with Crippen LogP contribution in [0.5, 0.6) is 0 Å². The van der Waals surface area contributed by atoms with Gasteiger partial charge in [0.15, 0.2) is 5.82 Å². The molecule has 6 nitrogen and oxygen atoms in total. The summed E-state index contributed by atoms with van der Waals surface area (Å²) in [5, 5.41) is 4.61. The molecule has 1 unspecified atom stereocenters. The number of ether oxygens (including phenoxy) is 1. The van der Waals surface area contributed by atoms with E-state index in [2.05, 4.69) is 34.3 Å². The molecule has 2 heterocycles. The molecule has 0 spiro atoms. The maximum absolute atomic E-state index is 11.2. The number of nitrogens with two attached hydrogens (primary N) is 1. The van der Waals surface area contributed by atoms with Gasteiger partial charge in [0.05, 0.1) is 19.1 Å². The summed E-state index contributed by atoms with van der Waals surface area (Å²) < 4.78 is 7.53. The van der Waals surface area contributed by atoms with Gasteiger partial charge in [-0.3, -0.25) is 4.79 Å². The van der Waals surface area contributed by atoms with E-state index in [1.165, 1.54) is 11.1 Å². The molecule has 2 aromatic rings. The molecule has 2 aliphatic rings. The number of nitrogens with zero attached hydrogens (tertiary/aromatic N) is 3. The summed E-state index contributed by atoms with van der Waals surface area (Å²) >= 11 is 0. The van der Waals surface area contributed by atoms with Crippen LogP contribution in [0.25, 0.3) is 0 Å². The Balaban J connectivity index is 1.66. The van der Waals surface area contributed by atoms with E-state index in [9.17, 15) is 4.79 Å². The van der Waals surface area contributed by atoms with Gasteiger partial charge >= 0.3 is 0 Å². The Bertz CT molecular complexity index is 709. The Hall–Kier alpha value is -2.21. The molecular formula is C17H20N4O2. The minimum absolute atomic E-state index is 0.0905. The highest BCUT2D eigenvalue weighted by Crippen LogP contribution is 2.33. The molecule has 6 heteroatoms. The molecule has 2 N–H and O–H groups in total. The van der Waals surface area contributed by atoms with Crippen LogP contribution in [0.4, 0.5) is 0 Å². The van der Waals surface area contributed by atoms with Crippen molar-refractivity contribution >= 4 is 5.91 Å². The first-order valence-electron chi connectivity index (χ1n) is 8.09. The molecule has 0 saturated carbocycles. The number of carbonyl (C=O) groups excluding carboxylic acids is 1. The zero-order valence-electron chi connectivity index (χ0n) is 12.9. The van der Waals surface area contributed by atoms with Crippen molar-refractivity contribution in [1.29, 1.82) is 0 Å². The zero-order valence-corrected chi connectivity index (χ0v) is 12.9. The number of primary amides is 1. The third kappa shape index (κ3) is 2.74. The molecule has 23 heavy (non-hydrogen) atoms. The van der Waals surface area contributed by atoms with Gasteiger partial charge in [0.2, 0.25) is 5.91 Å². The smallest absolute Gasteiger partial charge is 0.225 e. The fourth-order valence-corrected chi connectivity index (χ4v) is 3.61. The molecule has 1 aromatic heterocycles. The van der Waals surface area contributed by atoms with Crippen LogP contribution in [0.1, 0.15) is 41.2 Å². The molecule has 1 aliphatic carbocycles. The standard InChI is InChI=1S/C17H20N4O2/c18-15(22)9-16-19-17(13-5-6-23-10-13)21(20-16)14-7-11-3-1-2-4-12(11)8-14/h1-4,13-14H,5-10H2,(H2,18,22). The largest absolute Gasteiger partial charge is 0.381 e. The highest BCUT2D eigenvalue weighted by atomic mass is 16.5. The van der Waals surface area contributed by atoms with E-state index < -0.39 is 5.91 Å². The summed E-state index contributed by atoms with van der Waals surface area (Å²) in [6.07, 6.45) is 2.95. The van der Waals surface area contributed by atoms with Crippen molar-refractivity contribution in [3.8, 4) is 0 Å². The summed E-state index contributed by atoms with van der Waals surface area (Å²) in [6.45, 7) is 1.43. The Morgan fingerprint density at radius 1 is 1.30 bits per heavy atom. The topological polar surface area (TPSA) is 83.0 Å². The minimum Gasteiger partial charge on any atom is -0.381 e. The Morgan fingerprint density at radius 3 is 2.65 bits per heavy atom. The van der Waals surface area contributed by atoms with Crippen LogP contribution in [-0.4, -0.2) is 33.9 Å². The van der Waals surface area contributed by atoms with Gasteiger partial charge in [-0.2, -0.15) is 5.10 Å². The number of amides is 1. The molecule has 1 fully saturated rings. The van der Waals surface area contributed by atoms with E-state index in [-0.39, 0.29) is 18.4 Å². The molecule has 120 valence electrons. The molecule has 1 atom stereocenters. The molecule has 1 aromatic carbocycles. The number of rotatable bonds is 4. The van der Waals surface area contributed by atoms with Crippen molar-refractivity contribution in [2.75, 3.05) is 13.2 Å². The Morgan fingerprint density at radius 2 is 2.04 bits per heavy atom. The molecule has 1 saturated heterocycles. The van der Waals surface area contributed by atoms with E-state index in [0.29, 0.717) is 12.4 Å². The van der Waals surface area contributed by atoms with Crippen LogP contribution in [0.15, 0.2) is 24.3 Å². The maximum Gasteiger partial charge on any atom is 0.225 e. The average Bonchev–Trinajstić information content (AvgIpc) is 3.24. The van der Waals surface area contributed by atoms with Crippen LogP contribution >= 0.6 is 0 Å². The quantitative estimate of drug-likeness (QED) is 0.918. The summed E-state index contributed by atoms with van der Waals surface area (Å²) in [6, 6.07) is 8.76. The Kier molecular flexibility index (Phi) is 3.61. The second-order valence-corrected chi connectivity index (χ2v) is 6.37. The number of carbonyl (C=O) groups is 1. The zero-order chi connectivity index (χ0) is 15.8. The van der Waals surface area contributed by atoms with Crippen LogP contribution in [0, 0.1) is 0 Å². The fraction of sp³-hybridized carbons (Fsp3) is 0.471. The van der Waals surface area contributed by atoms with Gasteiger partial charge in [-0.05, 0) is 30.4 Å². The van der Waals surface area contributed by atoms with Gasteiger partial charge in [-0.25, -0.2) is 9.67 Å². The number of aromatic nitrogens is 3. The summed E-state index contributed by atoms with van der Waals surface area (Å²) in [4.78, 5) is 15.8. The first-order chi connectivity index (χ1) is 11.2. The predicted octanol–water partition coefficient (Wildman–Crippen LogP) is 1.15.